The maximum absolute atomic E-state index is 9.99. The van der Waals surface area contributed by atoms with Crippen molar-refractivity contribution in [2.75, 3.05) is 0 Å². The summed E-state index contributed by atoms with van der Waals surface area (Å²) in [6, 6.07) is 0. The first-order chi connectivity index (χ1) is 8.06. The number of nitrogens with zero attached hydrogens (tertiary/aromatic N) is 3. The average molecular weight is 239 g/mol. The molecule has 1 aromatic heterocycles. The van der Waals surface area contributed by atoms with Gasteiger partial charge >= 0.3 is 0 Å². The van der Waals surface area contributed by atoms with Crippen LogP contribution in [0.4, 0.5) is 0 Å². The number of aliphatic hydroxyl groups is 1. The Morgan fingerprint density at radius 1 is 1.35 bits per heavy atom. The number of rotatable bonds is 5. The van der Waals surface area contributed by atoms with Crippen molar-refractivity contribution in [1.29, 1.82) is 0 Å². The molecule has 4 heteroatoms. The van der Waals surface area contributed by atoms with E-state index < -0.39 is 0 Å². The number of hydrogen-bond acceptors (Lipinski definition) is 3. The van der Waals surface area contributed by atoms with Crippen LogP contribution >= 0.6 is 0 Å². The Kier molecular flexibility index (Phi) is 5.62. The van der Waals surface area contributed by atoms with E-state index in [9.17, 15) is 5.11 Å². The van der Waals surface area contributed by atoms with Crippen molar-refractivity contribution in [2.45, 2.75) is 65.5 Å². The molecular formula is C13H25N3O. The molecule has 1 heterocycles. The van der Waals surface area contributed by atoms with Crippen molar-refractivity contribution in [1.82, 2.24) is 14.8 Å². The van der Waals surface area contributed by atoms with Gasteiger partial charge in [-0.3, -0.25) is 4.68 Å². The molecule has 2 rings (SSSR count). The molecule has 17 heavy (non-hydrogen) atoms. The molecule has 1 N–H and O–H groups in total. The van der Waals surface area contributed by atoms with E-state index >= 15 is 0 Å². The van der Waals surface area contributed by atoms with Crippen LogP contribution in [0.15, 0.2) is 12.7 Å². The van der Waals surface area contributed by atoms with Crippen LogP contribution in [-0.2, 0) is 6.54 Å². The van der Waals surface area contributed by atoms with Crippen LogP contribution in [0.3, 0.4) is 0 Å². The zero-order valence-electron chi connectivity index (χ0n) is 11.3. The zero-order valence-corrected chi connectivity index (χ0v) is 11.3. The van der Waals surface area contributed by atoms with Crippen molar-refractivity contribution < 1.29 is 5.11 Å². The summed E-state index contributed by atoms with van der Waals surface area (Å²) in [5.41, 5.74) is -0.0549. The van der Waals surface area contributed by atoms with E-state index in [2.05, 4.69) is 30.9 Å². The fourth-order valence-electron chi connectivity index (χ4n) is 1.56. The van der Waals surface area contributed by atoms with Crippen LogP contribution in [0, 0.1) is 5.41 Å². The third kappa shape index (κ3) is 5.82. The van der Waals surface area contributed by atoms with E-state index in [-0.39, 0.29) is 11.5 Å². The van der Waals surface area contributed by atoms with Gasteiger partial charge in [-0.25, -0.2) is 4.98 Å². The highest BCUT2D eigenvalue weighted by molar-refractivity contribution is 4.77. The monoisotopic (exact) mass is 239 g/mol. The lowest BCUT2D eigenvalue weighted by atomic mass is 9.82. The molecule has 98 valence electrons. The van der Waals surface area contributed by atoms with E-state index in [1.54, 1.807) is 11.0 Å². The Bertz CT molecular complexity index is 291. The molecule has 0 aliphatic heterocycles. The highest BCUT2D eigenvalue weighted by Gasteiger charge is 2.27. The van der Waals surface area contributed by atoms with Crippen LogP contribution in [-0.4, -0.2) is 26.0 Å². The summed E-state index contributed by atoms with van der Waals surface area (Å²) in [5.74, 6) is 0. The van der Waals surface area contributed by atoms with Gasteiger partial charge in [0.05, 0.1) is 12.6 Å². The Balaban J connectivity index is 0.000000415. The normalized spacial score (nSPS) is 16.0. The minimum absolute atomic E-state index is 0.0549. The van der Waals surface area contributed by atoms with Gasteiger partial charge in [-0.15, -0.1) is 0 Å². The maximum Gasteiger partial charge on any atom is 0.137 e. The van der Waals surface area contributed by atoms with Gasteiger partial charge in [0.25, 0.3) is 0 Å². The zero-order chi connectivity index (χ0) is 12.7. The van der Waals surface area contributed by atoms with E-state index in [1.165, 1.54) is 25.6 Å². The molecule has 1 saturated carbocycles. The summed E-state index contributed by atoms with van der Waals surface area (Å²) in [4.78, 5) is 3.84. The fraction of sp³-hybridized carbons (Fsp3) is 0.846. The van der Waals surface area contributed by atoms with Gasteiger partial charge in [-0.05, 0) is 11.8 Å². The molecular weight excluding hydrogens is 214 g/mol. The van der Waals surface area contributed by atoms with Crippen LogP contribution in [0.1, 0.15) is 52.9 Å². The van der Waals surface area contributed by atoms with Crippen molar-refractivity contribution in [3.8, 4) is 0 Å². The van der Waals surface area contributed by atoms with Gasteiger partial charge < -0.3 is 5.11 Å². The van der Waals surface area contributed by atoms with Gasteiger partial charge in [0.1, 0.15) is 12.7 Å². The minimum atomic E-state index is -0.371. The smallest absolute Gasteiger partial charge is 0.137 e. The van der Waals surface area contributed by atoms with Crippen LogP contribution in [0.5, 0.6) is 0 Å². The van der Waals surface area contributed by atoms with E-state index in [0.717, 1.165) is 12.8 Å². The van der Waals surface area contributed by atoms with E-state index in [0.29, 0.717) is 6.54 Å². The van der Waals surface area contributed by atoms with Crippen molar-refractivity contribution in [3.05, 3.63) is 12.7 Å². The molecule has 1 unspecified atom stereocenters. The molecule has 0 saturated heterocycles. The Morgan fingerprint density at radius 3 is 2.41 bits per heavy atom. The first-order valence-electron chi connectivity index (χ1n) is 6.56. The Labute approximate surface area is 104 Å². The predicted octanol–water partition coefficient (Wildman–Crippen LogP) is 2.64. The first kappa shape index (κ1) is 14.2. The molecule has 4 nitrogen and oxygen atoms in total. The second kappa shape index (κ2) is 6.74. The second-order valence-corrected chi connectivity index (χ2v) is 5.43. The molecule has 1 atom stereocenters. The molecule has 1 aromatic rings. The molecule has 1 fully saturated rings. The third-order valence-electron chi connectivity index (χ3n) is 2.98. The van der Waals surface area contributed by atoms with Gasteiger partial charge in [0.15, 0.2) is 0 Å². The molecule has 0 amide bonds. The summed E-state index contributed by atoms with van der Waals surface area (Å²) in [6.07, 6.45) is 9.35. The largest absolute Gasteiger partial charge is 0.391 e. The van der Waals surface area contributed by atoms with E-state index in [1.807, 2.05) is 0 Å². The maximum atomic E-state index is 9.99. The summed E-state index contributed by atoms with van der Waals surface area (Å²) in [7, 11) is 0. The Hall–Kier alpha value is -0.900. The average Bonchev–Trinajstić information content (AvgIpc) is 3.06. The van der Waals surface area contributed by atoms with Crippen molar-refractivity contribution >= 4 is 0 Å². The van der Waals surface area contributed by atoms with E-state index in [4.69, 9.17) is 0 Å². The van der Waals surface area contributed by atoms with Crippen LogP contribution < -0.4 is 0 Å². The first-order valence-corrected chi connectivity index (χ1v) is 6.56. The molecule has 0 aromatic carbocycles. The summed E-state index contributed by atoms with van der Waals surface area (Å²) < 4.78 is 1.67. The standard InChI is InChI=1S/C10H19N3O.C3H6/c1-4-5-10(2,3)9(14)6-13-8-11-7-12-13;1-2-3-1/h7-9,14H,4-6H2,1-3H3;1-3H2. The number of hydrogen-bond donors (Lipinski definition) is 1. The molecule has 1 aliphatic rings. The van der Waals surface area contributed by atoms with Gasteiger partial charge in [0.2, 0.25) is 0 Å². The second-order valence-electron chi connectivity index (χ2n) is 5.43. The van der Waals surface area contributed by atoms with Crippen LogP contribution in [0.2, 0.25) is 0 Å². The van der Waals surface area contributed by atoms with Crippen molar-refractivity contribution in [2.24, 2.45) is 5.41 Å². The minimum Gasteiger partial charge on any atom is -0.391 e. The van der Waals surface area contributed by atoms with Gasteiger partial charge in [0, 0.05) is 0 Å². The topological polar surface area (TPSA) is 50.9 Å². The lowest BCUT2D eigenvalue weighted by Gasteiger charge is -2.29. The molecule has 0 bridgehead atoms. The third-order valence-corrected chi connectivity index (χ3v) is 2.98. The fourth-order valence-corrected chi connectivity index (χ4v) is 1.56. The van der Waals surface area contributed by atoms with Crippen molar-refractivity contribution in [3.63, 3.8) is 0 Å². The number of aromatic nitrogens is 3. The predicted molar refractivity (Wildman–Crippen MR) is 68.6 cm³/mol. The summed E-state index contributed by atoms with van der Waals surface area (Å²) in [6.45, 7) is 6.81. The highest BCUT2D eigenvalue weighted by Crippen LogP contribution is 2.27. The molecule has 1 aliphatic carbocycles. The quantitative estimate of drug-likeness (QED) is 0.859. The highest BCUT2D eigenvalue weighted by atomic mass is 16.3. The lowest BCUT2D eigenvalue weighted by molar-refractivity contribution is 0.0270. The number of aliphatic hydroxyl groups excluding tert-OH is 1. The Morgan fingerprint density at radius 2 is 2.00 bits per heavy atom. The SMILES string of the molecule is C1CC1.CCCC(C)(C)C(O)Cn1cncn1. The molecule has 0 radical (unpaired) electrons. The van der Waals surface area contributed by atoms with Gasteiger partial charge in [-0.2, -0.15) is 5.10 Å². The van der Waals surface area contributed by atoms with Gasteiger partial charge in [-0.1, -0.05) is 46.5 Å². The lowest BCUT2D eigenvalue weighted by Crippen LogP contribution is -2.33. The van der Waals surface area contributed by atoms with Crippen LogP contribution in [0.25, 0.3) is 0 Å². The molecule has 0 spiro atoms. The summed E-state index contributed by atoms with van der Waals surface area (Å²) in [5, 5.41) is 14.0. The summed E-state index contributed by atoms with van der Waals surface area (Å²) >= 11 is 0.